The minimum absolute atomic E-state index is 1.13. The normalized spacial score (nSPS) is 10.6. The van der Waals surface area contributed by atoms with Gasteiger partial charge in [0.2, 0.25) is 0 Å². The summed E-state index contributed by atoms with van der Waals surface area (Å²) in [5, 5.41) is 0. The SMILES string of the molecule is CCCN(CCC)c1ccc(-c2ccncc2)c(C)c1. The van der Waals surface area contributed by atoms with Gasteiger partial charge >= 0.3 is 0 Å². The van der Waals surface area contributed by atoms with Crippen LogP contribution in [0, 0.1) is 6.92 Å². The second-order valence-corrected chi connectivity index (χ2v) is 5.22. The molecule has 0 aliphatic carbocycles. The van der Waals surface area contributed by atoms with E-state index in [1.54, 1.807) is 0 Å². The van der Waals surface area contributed by atoms with Crippen molar-refractivity contribution in [3.63, 3.8) is 0 Å². The Morgan fingerprint density at radius 3 is 2.15 bits per heavy atom. The van der Waals surface area contributed by atoms with Crippen LogP contribution in [0.25, 0.3) is 11.1 Å². The number of benzene rings is 1. The molecule has 0 radical (unpaired) electrons. The van der Waals surface area contributed by atoms with Crippen LogP contribution >= 0.6 is 0 Å². The Bertz CT molecular complexity index is 528. The van der Waals surface area contributed by atoms with Crippen LogP contribution in [-0.4, -0.2) is 18.1 Å². The largest absolute Gasteiger partial charge is 0.372 e. The third kappa shape index (κ3) is 3.38. The first-order valence-electron chi connectivity index (χ1n) is 7.52. The predicted octanol–water partition coefficient (Wildman–Crippen LogP) is 4.68. The Morgan fingerprint density at radius 1 is 0.950 bits per heavy atom. The molecule has 0 aliphatic rings. The van der Waals surface area contributed by atoms with Crippen LogP contribution in [0.15, 0.2) is 42.7 Å². The molecule has 0 saturated heterocycles. The van der Waals surface area contributed by atoms with Crippen molar-refractivity contribution < 1.29 is 0 Å². The van der Waals surface area contributed by atoms with Gasteiger partial charge in [0.15, 0.2) is 0 Å². The molecule has 1 heterocycles. The Hall–Kier alpha value is -1.83. The summed E-state index contributed by atoms with van der Waals surface area (Å²) >= 11 is 0. The van der Waals surface area contributed by atoms with E-state index in [-0.39, 0.29) is 0 Å². The average molecular weight is 268 g/mol. The number of rotatable bonds is 6. The molecular weight excluding hydrogens is 244 g/mol. The fraction of sp³-hybridized carbons (Fsp3) is 0.389. The maximum atomic E-state index is 4.09. The first-order valence-corrected chi connectivity index (χ1v) is 7.52. The van der Waals surface area contributed by atoms with Gasteiger partial charge in [-0.2, -0.15) is 0 Å². The third-order valence-corrected chi connectivity index (χ3v) is 3.55. The molecule has 2 aromatic rings. The fourth-order valence-corrected chi connectivity index (χ4v) is 2.61. The van der Waals surface area contributed by atoms with Gasteiger partial charge in [0.25, 0.3) is 0 Å². The molecular formula is C18H24N2. The summed E-state index contributed by atoms with van der Waals surface area (Å²) < 4.78 is 0. The van der Waals surface area contributed by atoms with Gasteiger partial charge in [-0.1, -0.05) is 19.9 Å². The van der Waals surface area contributed by atoms with E-state index >= 15 is 0 Å². The number of pyridine rings is 1. The van der Waals surface area contributed by atoms with E-state index in [9.17, 15) is 0 Å². The third-order valence-electron chi connectivity index (χ3n) is 3.55. The summed E-state index contributed by atoms with van der Waals surface area (Å²) in [4.78, 5) is 6.56. The molecule has 1 aromatic carbocycles. The predicted molar refractivity (Wildman–Crippen MR) is 87.2 cm³/mol. The van der Waals surface area contributed by atoms with Crippen LogP contribution in [-0.2, 0) is 0 Å². The molecule has 20 heavy (non-hydrogen) atoms. The monoisotopic (exact) mass is 268 g/mol. The van der Waals surface area contributed by atoms with Crippen molar-refractivity contribution in [1.29, 1.82) is 0 Å². The minimum Gasteiger partial charge on any atom is -0.372 e. The van der Waals surface area contributed by atoms with Crippen LogP contribution in [0.4, 0.5) is 5.69 Å². The van der Waals surface area contributed by atoms with Crippen molar-refractivity contribution in [3.05, 3.63) is 48.3 Å². The minimum atomic E-state index is 1.13. The van der Waals surface area contributed by atoms with Gasteiger partial charge in [-0.25, -0.2) is 0 Å². The number of hydrogen-bond donors (Lipinski definition) is 0. The summed E-state index contributed by atoms with van der Waals surface area (Å²) in [6.07, 6.45) is 6.07. The van der Waals surface area contributed by atoms with E-state index in [4.69, 9.17) is 0 Å². The smallest absolute Gasteiger partial charge is 0.0369 e. The molecule has 0 amide bonds. The van der Waals surface area contributed by atoms with Crippen molar-refractivity contribution in [2.24, 2.45) is 0 Å². The highest BCUT2D eigenvalue weighted by Gasteiger charge is 2.07. The standard InChI is InChI=1S/C18H24N2/c1-4-12-20(13-5-2)17-6-7-18(15(3)14-17)16-8-10-19-11-9-16/h6-11,14H,4-5,12-13H2,1-3H3. The summed E-state index contributed by atoms with van der Waals surface area (Å²) in [7, 11) is 0. The van der Waals surface area contributed by atoms with Crippen LogP contribution in [0.3, 0.4) is 0 Å². The molecule has 106 valence electrons. The highest BCUT2D eigenvalue weighted by Crippen LogP contribution is 2.27. The maximum Gasteiger partial charge on any atom is 0.0369 e. The molecule has 0 bridgehead atoms. The second-order valence-electron chi connectivity index (χ2n) is 5.22. The summed E-state index contributed by atoms with van der Waals surface area (Å²) in [6.45, 7) is 8.92. The van der Waals surface area contributed by atoms with Gasteiger partial charge in [-0.15, -0.1) is 0 Å². The van der Waals surface area contributed by atoms with Gasteiger partial charge in [-0.05, 0) is 60.7 Å². The Kier molecular flexibility index (Phi) is 5.16. The molecule has 0 spiro atoms. The van der Waals surface area contributed by atoms with Crippen molar-refractivity contribution >= 4 is 5.69 Å². The lowest BCUT2D eigenvalue weighted by atomic mass is 10.0. The number of nitrogens with zero attached hydrogens (tertiary/aromatic N) is 2. The zero-order valence-corrected chi connectivity index (χ0v) is 12.8. The van der Waals surface area contributed by atoms with E-state index < -0.39 is 0 Å². The number of aromatic nitrogens is 1. The molecule has 2 rings (SSSR count). The first kappa shape index (κ1) is 14.6. The first-order chi connectivity index (χ1) is 9.76. The molecule has 0 saturated carbocycles. The van der Waals surface area contributed by atoms with E-state index in [1.807, 2.05) is 12.4 Å². The Labute approximate surface area is 122 Å². The Morgan fingerprint density at radius 2 is 1.60 bits per heavy atom. The molecule has 2 nitrogen and oxygen atoms in total. The van der Waals surface area contributed by atoms with E-state index in [0.717, 1.165) is 13.1 Å². The highest BCUT2D eigenvalue weighted by molar-refractivity contribution is 5.70. The number of anilines is 1. The lowest BCUT2D eigenvalue weighted by molar-refractivity contribution is 0.745. The van der Waals surface area contributed by atoms with E-state index in [0.29, 0.717) is 0 Å². The fourth-order valence-electron chi connectivity index (χ4n) is 2.61. The van der Waals surface area contributed by atoms with Gasteiger partial charge in [0.05, 0.1) is 0 Å². The molecule has 0 atom stereocenters. The lowest BCUT2D eigenvalue weighted by Crippen LogP contribution is -2.24. The van der Waals surface area contributed by atoms with Gasteiger partial charge < -0.3 is 4.90 Å². The molecule has 0 aliphatic heterocycles. The molecule has 0 unspecified atom stereocenters. The average Bonchev–Trinajstić information content (AvgIpc) is 2.48. The van der Waals surface area contributed by atoms with Crippen molar-refractivity contribution in [3.8, 4) is 11.1 Å². The zero-order valence-electron chi connectivity index (χ0n) is 12.8. The van der Waals surface area contributed by atoms with Crippen LogP contribution in [0.2, 0.25) is 0 Å². The van der Waals surface area contributed by atoms with E-state index in [2.05, 4.69) is 61.0 Å². The molecule has 0 fully saturated rings. The summed E-state index contributed by atoms with van der Waals surface area (Å²) in [5.74, 6) is 0. The van der Waals surface area contributed by atoms with Gasteiger partial charge in [0, 0.05) is 31.2 Å². The topological polar surface area (TPSA) is 16.1 Å². The zero-order chi connectivity index (χ0) is 14.4. The molecule has 2 heteroatoms. The molecule has 1 aromatic heterocycles. The quantitative estimate of drug-likeness (QED) is 0.756. The maximum absolute atomic E-state index is 4.09. The van der Waals surface area contributed by atoms with E-state index in [1.165, 1.54) is 35.2 Å². The lowest BCUT2D eigenvalue weighted by Gasteiger charge is -2.24. The van der Waals surface area contributed by atoms with Crippen LogP contribution < -0.4 is 4.90 Å². The van der Waals surface area contributed by atoms with Gasteiger partial charge in [-0.3, -0.25) is 4.98 Å². The van der Waals surface area contributed by atoms with Crippen LogP contribution in [0.5, 0.6) is 0 Å². The van der Waals surface area contributed by atoms with Crippen molar-refractivity contribution in [2.45, 2.75) is 33.6 Å². The number of hydrogen-bond acceptors (Lipinski definition) is 2. The van der Waals surface area contributed by atoms with Crippen molar-refractivity contribution in [1.82, 2.24) is 4.98 Å². The molecule has 0 N–H and O–H groups in total. The summed E-state index contributed by atoms with van der Waals surface area (Å²) in [5.41, 5.74) is 5.19. The highest BCUT2D eigenvalue weighted by atomic mass is 15.1. The Balaban J connectivity index is 2.29. The summed E-state index contributed by atoms with van der Waals surface area (Å²) in [6, 6.07) is 10.9. The van der Waals surface area contributed by atoms with Gasteiger partial charge in [0.1, 0.15) is 0 Å². The number of aryl methyl sites for hydroxylation is 1. The van der Waals surface area contributed by atoms with Crippen molar-refractivity contribution in [2.75, 3.05) is 18.0 Å². The second kappa shape index (κ2) is 7.09. The van der Waals surface area contributed by atoms with Crippen LogP contribution in [0.1, 0.15) is 32.3 Å².